The number of fused-ring (bicyclic) bond motifs is 7. The van der Waals surface area contributed by atoms with E-state index >= 15 is 0 Å². The van der Waals surface area contributed by atoms with E-state index in [0.29, 0.717) is 7.48 Å². The van der Waals surface area contributed by atoms with Crippen LogP contribution in [-0.4, -0.2) is 23.8 Å². The number of aliphatic hydroxyl groups is 1. The maximum absolute atomic E-state index is 10.4. The van der Waals surface area contributed by atoms with Crippen molar-refractivity contribution in [2.24, 2.45) is 0 Å². The molecule has 2 aliphatic carbocycles. The Morgan fingerprint density at radius 3 is 2.59 bits per heavy atom. The first kappa shape index (κ1) is 19.8. The average Bonchev–Trinajstić information content (AvgIpc) is 3.29. The number of hydrogen-bond acceptors (Lipinski definition) is 3. The number of allylic oxidation sites excluding steroid dienone is 1. The Labute approximate surface area is 189 Å². The fourth-order valence-electron chi connectivity index (χ4n) is 4.90. The highest BCUT2D eigenvalue weighted by molar-refractivity contribution is 6.47. The third-order valence-electron chi connectivity index (χ3n) is 7.49. The first-order valence-electron chi connectivity index (χ1n) is 11.4. The third-order valence-corrected chi connectivity index (χ3v) is 7.49. The van der Waals surface area contributed by atoms with Crippen LogP contribution in [0.4, 0.5) is 0 Å². The minimum absolute atomic E-state index is 0.454. The van der Waals surface area contributed by atoms with Crippen molar-refractivity contribution in [1.82, 2.24) is 0 Å². The van der Waals surface area contributed by atoms with Gasteiger partial charge in [0.1, 0.15) is 11.3 Å². The number of furan rings is 1. The van der Waals surface area contributed by atoms with Crippen LogP contribution < -0.4 is 5.46 Å². The van der Waals surface area contributed by atoms with Gasteiger partial charge in [-0.15, -0.1) is 0 Å². The zero-order valence-corrected chi connectivity index (χ0v) is 19.1. The molecule has 0 saturated carbocycles. The molecule has 6 rings (SSSR count). The Hall–Kier alpha value is -2.82. The Kier molecular flexibility index (Phi) is 4.09. The monoisotopic (exact) mass is 422 g/mol. The molecule has 0 atom stereocenters. The fourth-order valence-corrected chi connectivity index (χ4v) is 4.90. The van der Waals surface area contributed by atoms with Crippen LogP contribution in [0.2, 0.25) is 0 Å². The molecule has 3 nitrogen and oxygen atoms in total. The van der Waals surface area contributed by atoms with Gasteiger partial charge in [-0.3, -0.25) is 0 Å². The average molecular weight is 422 g/mol. The van der Waals surface area contributed by atoms with Crippen LogP contribution in [0.15, 0.2) is 53.0 Å². The standard InChI is InChI=1S/C28H27BO3/c1-27(2,30)28(3,4)32-29-16-12-13-17-19-9-7-10-20-25(19)22(21(17)14-16)15-23-18-8-5-6-11-24(18)31-26(20)23/h5,7-10,12-15,29-30H,6,11H2,1-4H3. The van der Waals surface area contributed by atoms with E-state index in [0.717, 1.165) is 29.6 Å². The molecule has 4 heteroatoms. The zero-order chi connectivity index (χ0) is 22.3. The van der Waals surface area contributed by atoms with Crippen LogP contribution in [0.3, 0.4) is 0 Å². The van der Waals surface area contributed by atoms with Crippen molar-refractivity contribution in [1.29, 1.82) is 0 Å². The van der Waals surface area contributed by atoms with Gasteiger partial charge in [-0.1, -0.05) is 54.0 Å². The second-order valence-electron chi connectivity index (χ2n) is 10.1. The molecule has 4 aromatic rings. The summed E-state index contributed by atoms with van der Waals surface area (Å²) in [5.74, 6) is 1.10. The molecular formula is C28H27BO3. The molecule has 3 aromatic carbocycles. The number of benzene rings is 3. The third kappa shape index (κ3) is 2.76. The molecule has 0 aliphatic heterocycles. The summed E-state index contributed by atoms with van der Waals surface area (Å²) < 4.78 is 12.5. The molecule has 1 N–H and O–H groups in total. The molecule has 1 heterocycles. The summed E-state index contributed by atoms with van der Waals surface area (Å²) >= 11 is 0. The minimum atomic E-state index is -0.926. The van der Waals surface area contributed by atoms with Crippen LogP contribution in [0, 0.1) is 0 Å². The zero-order valence-electron chi connectivity index (χ0n) is 19.1. The van der Waals surface area contributed by atoms with Crippen molar-refractivity contribution in [2.45, 2.75) is 51.7 Å². The summed E-state index contributed by atoms with van der Waals surface area (Å²) in [5, 5.41) is 14.1. The Morgan fingerprint density at radius 2 is 1.78 bits per heavy atom. The second kappa shape index (κ2) is 6.60. The maximum Gasteiger partial charge on any atom is 0.309 e. The molecular weight excluding hydrogens is 395 g/mol. The van der Waals surface area contributed by atoms with Gasteiger partial charge in [0.25, 0.3) is 0 Å². The van der Waals surface area contributed by atoms with E-state index < -0.39 is 11.2 Å². The van der Waals surface area contributed by atoms with Gasteiger partial charge in [0.05, 0.1) is 11.2 Å². The quantitative estimate of drug-likeness (QED) is 0.376. The first-order valence-corrected chi connectivity index (χ1v) is 11.4. The van der Waals surface area contributed by atoms with Crippen molar-refractivity contribution >= 4 is 40.8 Å². The van der Waals surface area contributed by atoms with Gasteiger partial charge in [-0.2, -0.15) is 0 Å². The van der Waals surface area contributed by atoms with Gasteiger partial charge in [-0.25, -0.2) is 0 Å². The highest BCUT2D eigenvalue weighted by Crippen LogP contribution is 2.50. The summed E-state index contributed by atoms with van der Waals surface area (Å²) in [7, 11) is 0.454. The maximum atomic E-state index is 10.4. The predicted molar refractivity (Wildman–Crippen MR) is 134 cm³/mol. The molecule has 0 spiro atoms. The van der Waals surface area contributed by atoms with Gasteiger partial charge in [0, 0.05) is 28.1 Å². The van der Waals surface area contributed by atoms with Crippen LogP contribution in [0.5, 0.6) is 0 Å². The van der Waals surface area contributed by atoms with Crippen molar-refractivity contribution in [3.05, 3.63) is 59.9 Å². The summed E-state index contributed by atoms with van der Waals surface area (Å²) in [4.78, 5) is 0. The normalized spacial score (nSPS) is 14.8. The highest BCUT2D eigenvalue weighted by atomic mass is 16.5. The Balaban J connectivity index is 1.49. The topological polar surface area (TPSA) is 42.6 Å². The SMILES string of the molecule is CC(C)(O)C(C)(C)OBc1ccc2c(c1)-c1cc3c4c(oc3c3cccc-2c13)CCC=C4. The van der Waals surface area contributed by atoms with Crippen molar-refractivity contribution in [2.75, 3.05) is 0 Å². The smallest absolute Gasteiger partial charge is 0.309 e. The van der Waals surface area contributed by atoms with Gasteiger partial charge < -0.3 is 14.2 Å². The van der Waals surface area contributed by atoms with E-state index in [9.17, 15) is 5.11 Å². The highest BCUT2D eigenvalue weighted by Gasteiger charge is 2.36. The van der Waals surface area contributed by atoms with Gasteiger partial charge in [0.15, 0.2) is 0 Å². The van der Waals surface area contributed by atoms with E-state index in [1.54, 1.807) is 13.8 Å². The molecule has 0 unspecified atom stereocenters. The largest absolute Gasteiger partial charge is 0.460 e. The summed E-state index contributed by atoms with van der Waals surface area (Å²) in [6, 6.07) is 15.4. The van der Waals surface area contributed by atoms with Crippen LogP contribution in [0.1, 0.15) is 45.4 Å². The van der Waals surface area contributed by atoms with Crippen LogP contribution in [-0.2, 0) is 11.1 Å². The lowest BCUT2D eigenvalue weighted by Crippen LogP contribution is -2.49. The Bertz CT molecular complexity index is 1430. The van der Waals surface area contributed by atoms with E-state index in [4.69, 9.17) is 9.07 Å². The molecule has 1 aromatic heterocycles. The number of aryl methyl sites for hydroxylation is 1. The van der Waals surface area contributed by atoms with E-state index in [2.05, 4.69) is 54.6 Å². The number of rotatable bonds is 4. The summed E-state index contributed by atoms with van der Waals surface area (Å²) in [5.41, 5.74) is 6.81. The molecule has 0 radical (unpaired) electrons. The van der Waals surface area contributed by atoms with Crippen LogP contribution >= 0.6 is 0 Å². The lowest BCUT2D eigenvalue weighted by atomic mass is 9.81. The Morgan fingerprint density at radius 1 is 0.938 bits per heavy atom. The minimum Gasteiger partial charge on any atom is -0.460 e. The molecule has 2 aliphatic rings. The van der Waals surface area contributed by atoms with Crippen molar-refractivity contribution in [3.63, 3.8) is 0 Å². The van der Waals surface area contributed by atoms with Crippen molar-refractivity contribution < 1.29 is 14.2 Å². The van der Waals surface area contributed by atoms with Crippen molar-refractivity contribution in [3.8, 4) is 22.3 Å². The molecule has 32 heavy (non-hydrogen) atoms. The second-order valence-corrected chi connectivity index (χ2v) is 10.1. The molecule has 160 valence electrons. The summed E-state index contributed by atoms with van der Waals surface area (Å²) in [6.45, 7) is 7.45. The van der Waals surface area contributed by atoms with Gasteiger partial charge >= 0.3 is 7.48 Å². The fraction of sp³-hybridized carbons (Fsp3) is 0.286. The lowest BCUT2D eigenvalue weighted by molar-refractivity contribution is -0.0893. The molecule has 0 fully saturated rings. The van der Waals surface area contributed by atoms with E-state index in [-0.39, 0.29) is 0 Å². The summed E-state index contributed by atoms with van der Waals surface area (Å²) in [6.07, 6.45) is 6.46. The lowest BCUT2D eigenvalue weighted by Gasteiger charge is -2.37. The predicted octanol–water partition coefficient (Wildman–Crippen LogP) is 5.74. The molecule has 0 bridgehead atoms. The number of hydrogen-bond donors (Lipinski definition) is 1. The van der Waals surface area contributed by atoms with Gasteiger partial charge in [0.2, 0.25) is 0 Å². The van der Waals surface area contributed by atoms with E-state index in [1.165, 1.54) is 44.0 Å². The molecule has 0 amide bonds. The van der Waals surface area contributed by atoms with Gasteiger partial charge in [-0.05, 0) is 62.4 Å². The molecule has 0 saturated heterocycles. The van der Waals surface area contributed by atoms with Crippen LogP contribution in [0.25, 0.3) is 50.1 Å². The first-order chi connectivity index (χ1) is 15.2. The van der Waals surface area contributed by atoms with E-state index in [1.807, 2.05) is 13.8 Å².